The molecule has 1 unspecified atom stereocenters. The first-order chi connectivity index (χ1) is 8.14. The van der Waals surface area contributed by atoms with Crippen LogP contribution in [0, 0.1) is 17.3 Å². The van der Waals surface area contributed by atoms with Gasteiger partial charge in [-0.25, -0.2) is 0 Å². The lowest BCUT2D eigenvalue weighted by Crippen LogP contribution is -2.33. The van der Waals surface area contributed by atoms with Crippen molar-refractivity contribution in [2.75, 3.05) is 13.2 Å². The smallest absolute Gasteiger partial charge is 0.161 e. The average Bonchev–Trinajstić information content (AvgIpc) is 2.90. The fourth-order valence-electron chi connectivity index (χ4n) is 3.19. The quantitative estimate of drug-likeness (QED) is 0.850. The highest BCUT2D eigenvalue weighted by Crippen LogP contribution is 2.60. The van der Waals surface area contributed by atoms with E-state index in [0.29, 0.717) is 18.4 Å². The van der Waals surface area contributed by atoms with Crippen LogP contribution in [0.2, 0.25) is 0 Å². The summed E-state index contributed by atoms with van der Waals surface area (Å²) in [4.78, 5) is 0. The molecule has 3 rings (SSSR count). The van der Waals surface area contributed by atoms with Crippen molar-refractivity contribution in [2.24, 2.45) is 23.0 Å². The first kappa shape index (κ1) is 10.9. The first-order valence-corrected chi connectivity index (χ1v) is 6.23. The molecule has 3 atom stereocenters. The third-order valence-electron chi connectivity index (χ3n) is 4.32. The van der Waals surface area contributed by atoms with E-state index in [1.54, 1.807) is 0 Å². The molecule has 0 spiro atoms. The second-order valence-electron chi connectivity index (χ2n) is 5.60. The van der Waals surface area contributed by atoms with Gasteiger partial charge in [0.2, 0.25) is 0 Å². The summed E-state index contributed by atoms with van der Waals surface area (Å²) in [5.74, 6) is 2.79. The van der Waals surface area contributed by atoms with Gasteiger partial charge in [-0.2, -0.15) is 0 Å². The van der Waals surface area contributed by atoms with Crippen LogP contribution in [0.5, 0.6) is 11.5 Å². The van der Waals surface area contributed by atoms with Crippen molar-refractivity contribution in [2.45, 2.75) is 20.0 Å². The third-order valence-corrected chi connectivity index (χ3v) is 4.32. The van der Waals surface area contributed by atoms with Crippen LogP contribution in [-0.4, -0.2) is 19.3 Å². The molecule has 3 heteroatoms. The van der Waals surface area contributed by atoms with Gasteiger partial charge in [-0.3, -0.25) is 0 Å². The Morgan fingerprint density at radius 2 is 2.00 bits per heavy atom. The molecule has 1 aromatic carbocycles. The molecule has 0 bridgehead atoms. The monoisotopic (exact) mass is 233 g/mol. The topological polar surface area (TPSA) is 44.5 Å². The molecule has 1 aliphatic carbocycles. The molecular formula is C14H19NO2. The van der Waals surface area contributed by atoms with Crippen molar-refractivity contribution in [3.8, 4) is 11.5 Å². The number of hydrogen-bond donors (Lipinski definition) is 1. The molecule has 0 amide bonds. The minimum atomic E-state index is 0.147. The Morgan fingerprint density at radius 3 is 2.65 bits per heavy atom. The number of rotatable bonds is 2. The molecule has 1 heterocycles. The third kappa shape index (κ3) is 1.61. The highest BCUT2D eigenvalue weighted by atomic mass is 16.6. The molecule has 0 radical (unpaired) electrons. The Hall–Kier alpha value is -1.22. The van der Waals surface area contributed by atoms with Crippen LogP contribution in [-0.2, 0) is 0 Å². The standard InChI is InChI=1S/C14H19NO2/c1-14(2)9(7-15)13(14)12-8-16-10-5-3-4-6-11(10)17-12/h3-6,9,12-13H,7-8,15H2,1-2H3/t9-,12?,13+/m1/s1. The number of hydrogen-bond acceptors (Lipinski definition) is 3. The second-order valence-corrected chi connectivity index (χ2v) is 5.60. The van der Waals surface area contributed by atoms with Crippen molar-refractivity contribution in [3.05, 3.63) is 24.3 Å². The molecule has 1 aromatic rings. The van der Waals surface area contributed by atoms with Crippen molar-refractivity contribution in [3.63, 3.8) is 0 Å². The molecule has 2 aliphatic rings. The maximum absolute atomic E-state index is 6.04. The Morgan fingerprint density at radius 1 is 1.29 bits per heavy atom. The zero-order chi connectivity index (χ0) is 12.0. The molecular weight excluding hydrogens is 214 g/mol. The van der Waals surface area contributed by atoms with E-state index < -0.39 is 0 Å². The van der Waals surface area contributed by atoms with Gasteiger partial charge in [-0.05, 0) is 30.0 Å². The maximum Gasteiger partial charge on any atom is 0.161 e. The molecule has 0 aromatic heterocycles. The van der Waals surface area contributed by atoms with E-state index in [2.05, 4.69) is 13.8 Å². The Kier molecular flexibility index (Phi) is 2.33. The summed E-state index contributed by atoms with van der Waals surface area (Å²) in [6.07, 6.45) is 0.147. The number of para-hydroxylation sites is 2. The normalized spacial score (nSPS) is 33.2. The Balaban J connectivity index is 1.77. The maximum atomic E-state index is 6.04. The van der Waals surface area contributed by atoms with Crippen LogP contribution in [0.1, 0.15) is 13.8 Å². The van der Waals surface area contributed by atoms with Crippen LogP contribution < -0.4 is 15.2 Å². The summed E-state index contributed by atoms with van der Waals surface area (Å²) in [5, 5.41) is 0. The zero-order valence-electron chi connectivity index (χ0n) is 10.3. The van der Waals surface area contributed by atoms with Gasteiger partial charge in [0.25, 0.3) is 0 Å². The van der Waals surface area contributed by atoms with Gasteiger partial charge in [0, 0.05) is 5.92 Å². The highest BCUT2D eigenvalue weighted by molar-refractivity contribution is 5.41. The zero-order valence-corrected chi connectivity index (χ0v) is 10.3. The number of benzene rings is 1. The van der Waals surface area contributed by atoms with Crippen LogP contribution in [0.3, 0.4) is 0 Å². The molecule has 1 aliphatic heterocycles. The number of ether oxygens (including phenoxy) is 2. The predicted molar refractivity (Wildman–Crippen MR) is 66.2 cm³/mol. The molecule has 0 saturated heterocycles. The molecule has 2 N–H and O–H groups in total. The van der Waals surface area contributed by atoms with Gasteiger partial charge < -0.3 is 15.2 Å². The van der Waals surface area contributed by atoms with Gasteiger partial charge in [0.15, 0.2) is 11.5 Å². The van der Waals surface area contributed by atoms with E-state index in [1.807, 2.05) is 24.3 Å². The van der Waals surface area contributed by atoms with E-state index in [9.17, 15) is 0 Å². The van der Waals surface area contributed by atoms with Crippen molar-refractivity contribution in [1.29, 1.82) is 0 Å². The minimum absolute atomic E-state index is 0.147. The van der Waals surface area contributed by atoms with Gasteiger partial charge >= 0.3 is 0 Å². The van der Waals surface area contributed by atoms with Crippen LogP contribution in [0.25, 0.3) is 0 Å². The molecule has 17 heavy (non-hydrogen) atoms. The van der Waals surface area contributed by atoms with Gasteiger partial charge in [0.05, 0.1) is 0 Å². The molecule has 1 fully saturated rings. The lowest BCUT2D eigenvalue weighted by Gasteiger charge is -2.27. The van der Waals surface area contributed by atoms with Crippen LogP contribution in [0.15, 0.2) is 24.3 Å². The van der Waals surface area contributed by atoms with E-state index in [1.165, 1.54) is 0 Å². The molecule has 3 nitrogen and oxygen atoms in total. The molecule has 92 valence electrons. The van der Waals surface area contributed by atoms with Gasteiger partial charge in [-0.1, -0.05) is 26.0 Å². The highest BCUT2D eigenvalue weighted by Gasteiger charge is 2.61. The lowest BCUT2D eigenvalue weighted by atomic mass is 10.1. The van der Waals surface area contributed by atoms with E-state index in [4.69, 9.17) is 15.2 Å². The van der Waals surface area contributed by atoms with Crippen molar-refractivity contribution < 1.29 is 9.47 Å². The van der Waals surface area contributed by atoms with E-state index in [0.717, 1.165) is 18.0 Å². The van der Waals surface area contributed by atoms with Gasteiger partial charge in [0.1, 0.15) is 12.7 Å². The summed E-state index contributed by atoms with van der Waals surface area (Å²) >= 11 is 0. The summed E-state index contributed by atoms with van der Waals surface area (Å²) in [6.45, 7) is 5.90. The first-order valence-electron chi connectivity index (χ1n) is 6.23. The fourth-order valence-corrected chi connectivity index (χ4v) is 3.19. The summed E-state index contributed by atoms with van der Waals surface area (Å²) in [6, 6.07) is 7.85. The van der Waals surface area contributed by atoms with Crippen LogP contribution >= 0.6 is 0 Å². The lowest BCUT2D eigenvalue weighted by molar-refractivity contribution is 0.0649. The number of fused-ring (bicyclic) bond motifs is 1. The van der Waals surface area contributed by atoms with Crippen LogP contribution in [0.4, 0.5) is 0 Å². The largest absolute Gasteiger partial charge is 0.486 e. The minimum Gasteiger partial charge on any atom is -0.486 e. The van der Waals surface area contributed by atoms with Crippen molar-refractivity contribution in [1.82, 2.24) is 0 Å². The van der Waals surface area contributed by atoms with Gasteiger partial charge in [-0.15, -0.1) is 0 Å². The summed E-state index contributed by atoms with van der Waals surface area (Å²) < 4.78 is 11.8. The van der Waals surface area contributed by atoms with E-state index in [-0.39, 0.29) is 11.5 Å². The Bertz CT molecular complexity index is 430. The Labute approximate surface area is 102 Å². The number of nitrogens with two attached hydrogens (primary N) is 1. The average molecular weight is 233 g/mol. The second kappa shape index (κ2) is 3.64. The SMILES string of the molecule is CC1(C)[C@H](CN)[C@H]1C1COc2ccccc2O1. The summed E-state index contributed by atoms with van der Waals surface area (Å²) in [5.41, 5.74) is 6.09. The summed E-state index contributed by atoms with van der Waals surface area (Å²) in [7, 11) is 0. The van der Waals surface area contributed by atoms with E-state index >= 15 is 0 Å². The fraction of sp³-hybridized carbons (Fsp3) is 0.571. The molecule has 1 saturated carbocycles. The van der Waals surface area contributed by atoms with Crippen molar-refractivity contribution >= 4 is 0 Å². The predicted octanol–water partition coefficient (Wildman–Crippen LogP) is 2.06.